The molecule has 0 radical (unpaired) electrons. The predicted octanol–water partition coefficient (Wildman–Crippen LogP) is 2.47. The Morgan fingerprint density at radius 3 is 2.18 bits per heavy atom. The second kappa shape index (κ2) is 6.12. The van der Waals surface area contributed by atoms with Gasteiger partial charge in [0.15, 0.2) is 0 Å². The Kier molecular flexibility index (Phi) is 5.09. The van der Waals surface area contributed by atoms with E-state index in [1.807, 2.05) is 26.8 Å². The molecule has 2 nitrogen and oxygen atoms in total. The average Bonchev–Trinajstić information content (AvgIpc) is 2.30. The molecule has 0 bridgehead atoms. The monoisotopic (exact) mass is 238 g/mol. The fraction of sp³-hybridized carbons (Fsp3) is 0.571. The lowest BCUT2D eigenvalue weighted by atomic mass is 9.88. The van der Waals surface area contributed by atoms with Gasteiger partial charge in [0.2, 0.25) is 0 Å². The summed E-state index contributed by atoms with van der Waals surface area (Å²) in [7, 11) is 0. The summed E-state index contributed by atoms with van der Waals surface area (Å²) in [6.45, 7) is 7.09. The second-order valence-corrected chi connectivity index (χ2v) is 4.93. The molecule has 17 heavy (non-hydrogen) atoms. The number of nitrogens with two attached hydrogens (primary N) is 2. The molecule has 4 N–H and O–H groups in total. The molecular formula is C14H23FN2. The van der Waals surface area contributed by atoms with Crippen LogP contribution in [0.1, 0.15) is 36.0 Å². The van der Waals surface area contributed by atoms with Crippen molar-refractivity contribution in [3.8, 4) is 0 Å². The van der Waals surface area contributed by atoms with E-state index in [0.29, 0.717) is 13.1 Å². The lowest BCUT2D eigenvalue weighted by Gasteiger charge is -2.19. The Hall–Kier alpha value is -0.930. The van der Waals surface area contributed by atoms with Crippen molar-refractivity contribution in [1.82, 2.24) is 0 Å². The van der Waals surface area contributed by atoms with Crippen molar-refractivity contribution >= 4 is 0 Å². The molecule has 0 aliphatic carbocycles. The van der Waals surface area contributed by atoms with E-state index < -0.39 is 0 Å². The van der Waals surface area contributed by atoms with Gasteiger partial charge in [-0.05, 0) is 68.0 Å². The van der Waals surface area contributed by atoms with Crippen LogP contribution < -0.4 is 11.5 Å². The molecule has 0 saturated heterocycles. The van der Waals surface area contributed by atoms with Crippen molar-refractivity contribution in [3.63, 3.8) is 0 Å². The highest BCUT2D eigenvalue weighted by atomic mass is 19.1. The number of halogens is 1. The molecule has 0 heterocycles. The van der Waals surface area contributed by atoms with Gasteiger partial charge >= 0.3 is 0 Å². The van der Waals surface area contributed by atoms with Gasteiger partial charge < -0.3 is 11.5 Å². The van der Waals surface area contributed by atoms with Crippen LogP contribution in [-0.2, 0) is 0 Å². The van der Waals surface area contributed by atoms with Gasteiger partial charge in [-0.2, -0.15) is 0 Å². The summed E-state index contributed by atoms with van der Waals surface area (Å²) < 4.78 is 13.9. The first kappa shape index (κ1) is 14.1. The van der Waals surface area contributed by atoms with Gasteiger partial charge in [0.05, 0.1) is 0 Å². The molecule has 0 fully saturated rings. The van der Waals surface area contributed by atoms with Crippen molar-refractivity contribution in [2.24, 2.45) is 17.4 Å². The molecule has 0 aliphatic rings. The first-order valence-corrected chi connectivity index (χ1v) is 6.16. The molecule has 0 saturated carbocycles. The van der Waals surface area contributed by atoms with E-state index in [1.165, 1.54) is 0 Å². The number of rotatable bonds is 5. The summed E-state index contributed by atoms with van der Waals surface area (Å²) in [6.07, 6.45) is 0.840. The maximum absolute atomic E-state index is 13.9. The lowest BCUT2D eigenvalue weighted by molar-refractivity contribution is 0.454. The van der Waals surface area contributed by atoms with Crippen LogP contribution in [0.15, 0.2) is 12.1 Å². The minimum atomic E-state index is -0.117. The third-order valence-corrected chi connectivity index (χ3v) is 3.50. The molecule has 1 atom stereocenters. The van der Waals surface area contributed by atoms with Crippen LogP contribution >= 0.6 is 0 Å². The lowest BCUT2D eigenvalue weighted by Crippen LogP contribution is -2.24. The first-order chi connectivity index (χ1) is 7.99. The summed E-state index contributed by atoms with van der Waals surface area (Å²) in [4.78, 5) is 0. The summed E-state index contributed by atoms with van der Waals surface area (Å²) in [5.41, 5.74) is 14.2. The molecule has 0 aliphatic heterocycles. The number of hydrogen-bond donors (Lipinski definition) is 2. The topological polar surface area (TPSA) is 52.0 Å². The Bertz CT molecular complexity index is 373. The zero-order valence-corrected chi connectivity index (χ0v) is 11.0. The maximum Gasteiger partial charge on any atom is 0.126 e. The normalized spacial score (nSPS) is 13.1. The summed E-state index contributed by atoms with van der Waals surface area (Å²) in [6, 6.07) is 3.56. The predicted molar refractivity (Wildman–Crippen MR) is 70.5 cm³/mol. The van der Waals surface area contributed by atoms with Crippen molar-refractivity contribution in [1.29, 1.82) is 0 Å². The van der Waals surface area contributed by atoms with Crippen LogP contribution in [0.25, 0.3) is 0 Å². The smallest absolute Gasteiger partial charge is 0.126 e. The minimum Gasteiger partial charge on any atom is -0.330 e. The third-order valence-electron chi connectivity index (χ3n) is 3.50. The van der Waals surface area contributed by atoms with Crippen LogP contribution in [-0.4, -0.2) is 13.1 Å². The molecule has 1 aromatic rings. The highest BCUT2D eigenvalue weighted by Crippen LogP contribution is 2.27. The molecular weight excluding hydrogens is 215 g/mol. The third kappa shape index (κ3) is 3.51. The molecule has 1 aromatic carbocycles. The Balaban J connectivity index is 2.88. The zero-order valence-electron chi connectivity index (χ0n) is 11.0. The Morgan fingerprint density at radius 1 is 1.12 bits per heavy atom. The fourth-order valence-electron chi connectivity index (χ4n) is 2.10. The summed E-state index contributed by atoms with van der Waals surface area (Å²) in [5, 5.41) is 0. The van der Waals surface area contributed by atoms with Gasteiger partial charge in [-0.15, -0.1) is 0 Å². The van der Waals surface area contributed by atoms with Gasteiger partial charge in [-0.1, -0.05) is 13.0 Å². The van der Waals surface area contributed by atoms with Crippen LogP contribution in [0.5, 0.6) is 0 Å². The van der Waals surface area contributed by atoms with Gasteiger partial charge in [0.25, 0.3) is 0 Å². The van der Waals surface area contributed by atoms with Crippen LogP contribution in [0.2, 0.25) is 0 Å². The zero-order chi connectivity index (χ0) is 13.0. The van der Waals surface area contributed by atoms with Gasteiger partial charge in [-0.25, -0.2) is 4.39 Å². The van der Waals surface area contributed by atoms with Gasteiger partial charge in [0, 0.05) is 0 Å². The van der Waals surface area contributed by atoms with E-state index >= 15 is 0 Å². The molecule has 0 spiro atoms. The standard InChI is InChI=1S/C14H23FN2/c1-9-5-13(14(15)6-10(9)2)11(3)4-12(7-16)8-17/h5-6,11-12H,4,7-8,16-17H2,1-3H3. The highest BCUT2D eigenvalue weighted by molar-refractivity contribution is 5.33. The van der Waals surface area contributed by atoms with E-state index in [9.17, 15) is 4.39 Å². The van der Waals surface area contributed by atoms with Crippen LogP contribution in [0.3, 0.4) is 0 Å². The van der Waals surface area contributed by atoms with Gasteiger partial charge in [-0.3, -0.25) is 0 Å². The van der Waals surface area contributed by atoms with Crippen LogP contribution in [0.4, 0.5) is 4.39 Å². The van der Waals surface area contributed by atoms with Crippen LogP contribution in [0, 0.1) is 25.6 Å². The molecule has 0 amide bonds. The Morgan fingerprint density at radius 2 is 1.65 bits per heavy atom. The number of aryl methyl sites for hydroxylation is 2. The molecule has 1 rings (SSSR count). The minimum absolute atomic E-state index is 0.117. The van der Waals surface area contributed by atoms with Crippen molar-refractivity contribution in [3.05, 3.63) is 34.6 Å². The molecule has 3 heteroatoms. The fourth-order valence-corrected chi connectivity index (χ4v) is 2.10. The molecule has 96 valence electrons. The van der Waals surface area contributed by atoms with Crippen molar-refractivity contribution < 1.29 is 4.39 Å². The van der Waals surface area contributed by atoms with E-state index in [0.717, 1.165) is 23.1 Å². The summed E-state index contributed by atoms with van der Waals surface area (Å²) in [5.74, 6) is 0.311. The second-order valence-electron chi connectivity index (χ2n) is 4.93. The van der Waals surface area contributed by atoms with Gasteiger partial charge in [0.1, 0.15) is 5.82 Å². The average molecular weight is 238 g/mol. The molecule has 1 unspecified atom stereocenters. The summed E-state index contributed by atoms with van der Waals surface area (Å²) >= 11 is 0. The molecule has 0 aromatic heterocycles. The largest absolute Gasteiger partial charge is 0.330 e. The maximum atomic E-state index is 13.9. The SMILES string of the molecule is Cc1cc(F)c(C(C)CC(CN)CN)cc1C. The van der Waals surface area contributed by atoms with E-state index in [4.69, 9.17) is 11.5 Å². The Labute approximate surface area is 103 Å². The highest BCUT2D eigenvalue weighted by Gasteiger charge is 2.16. The number of benzene rings is 1. The van der Waals surface area contributed by atoms with Crippen molar-refractivity contribution in [2.75, 3.05) is 13.1 Å². The van der Waals surface area contributed by atoms with E-state index in [2.05, 4.69) is 0 Å². The van der Waals surface area contributed by atoms with E-state index in [1.54, 1.807) is 6.07 Å². The quantitative estimate of drug-likeness (QED) is 0.828. The first-order valence-electron chi connectivity index (χ1n) is 6.16. The van der Waals surface area contributed by atoms with E-state index in [-0.39, 0.29) is 17.7 Å². The van der Waals surface area contributed by atoms with Crippen molar-refractivity contribution in [2.45, 2.75) is 33.1 Å². The number of hydrogen-bond acceptors (Lipinski definition) is 2.